The molecule has 9 heteroatoms. The second kappa shape index (κ2) is 11.2. The summed E-state index contributed by atoms with van der Waals surface area (Å²) < 4.78 is 8.99. The number of ether oxygens (including phenoxy) is 1. The lowest BCUT2D eigenvalue weighted by Gasteiger charge is -2.18. The highest BCUT2D eigenvalue weighted by atomic mass is 127. The van der Waals surface area contributed by atoms with Gasteiger partial charge in [0.05, 0.1) is 30.7 Å². The summed E-state index contributed by atoms with van der Waals surface area (Å²) in [5, 5.41) is 15.9. The van der Waals surface area contributed by atoms with Gasteiger partial charge in [-0.25, -0.2) is 4.68 Å². The van der Waals surface area contributed by atoms with Crippen molar-refractivity contribution in [1.29, 1.82) is 0 Å². The van der Waals surface area contributed by atoms with E-state index in [4.69, 9.17) is 4.74 Å². The van der Waals surface area contributed by atoms with Gasteiger partial charge < -0.3 is 15.4 Å². The van der Waals surface area contributed by atoms with Crippen LogP contribution in [0.3, 0.4) is 0 Å². The molecule has 8 nitrogen and oxygen atoms in total. The van der Waals surface area contributed by atoms with Crippen LogP contribution in [0.2, 0.25) is 0 Å². The van der Waals surface area contributed by atoms with Gasteiger partial charge in [0, 0.05) is 32.0 Å². The van der Waals surface area contributed by atoms with Crippen LogP contribution in [0.4, 0.5) is 0 Å². The Hall–Kier alpha value is -2.56. The van der Waals surface area contributed by atoms with Crippen molar-refractivity contribution in [3.05, 3.63) is 59.2 Å². The fraction of sp³-hybridized carbons (Fsp3) is 0.409. The molecule has 0 aliphatic heterocycles. The van der Waals surface area contributed by atoms with Crippen molar-refractivity contribution in [1.82, 2.24) is 30.2 Å². The molecule has 0 aliphatic rings. The smallest absolute Gasteiger partial charge is 0.191 e. The molecule has 0 amide bonds. The molecule has 1 atom stereocenters. The molecule has 3 aromatic rings. The summed E-state index contributed by atoms with van der Waals surface area (Å²) >= 11 is 0. The van der Waals surface area contributed by atoms with Gasteiger partial charge in [-0.15, -0.1) is 24.0 Å². The fourth-order valence-electron chi connectivity index (χ4n) is 3.41. The number of aliphatic imine (C=N–C) groups is 1. The summed E-state index contributed by atoms with van der Waals surface area (Å²) in [6.45, 7) is 6.90. The van der Waals surface area contributed by atoms with Crippen LogP contribution in [0.5, 0.6) is 5.75 Å². The Balaban J connectivity index is 0.00000341. The summed E-state index contributed by atoms with van der Waals surface area (Å²) in [7, 11) is 5.42. The van der Waals surface area contributed by atoms with E-state index < -0.39 is 0 Å². The Kier molecular flexibility index (Phi) is 8.90. The Bertz CT molecular complexity index is 1010. The van der Waals surface area contributed by atoms with Gasteiger partial charge in [0.15, 0.2) is 5.96 Å². The maximum atomic E-state index is 5.21. The van der Waals surface area contributed by atoms with E-state index in [9.17, 15) is 0 Å². The highest BCUT2D eigenvalue weighted by molar-refractivity contribution is 14.0. The normalized spacial score (nSPS) is 12.3. The number of nitrogens with zero attached hydrogens (tertiary/aromatic N) is 5. The van der Waals surface area contributed by atoms with Crippen molar-refractivity contribution < 1.29 is 4.74 Å². The number of aromatic nitrogens is 4. The molecular weight excluding hydrogens is 505 g/mol. The number of rotatable bonds is 7. The highest BCUT2D eigenvalue weighted by Crippen LogP contribution is 2.15. The van der Waals surface area contributed by atoms with Gasteiger partial charge in [-0.3, -0.25) is 9.67 Å². The Labute approximate surface area is 201 Å². The third-order valence-corrected chi connectivity index (χ3v) is 5.19. The van der Waals surface area contributed by atoms with Gasteiger partial charge in [0.1, 0.15) is 5.75 Å². The van der Waals surface area contributed by atoms with Crippen molar-refractivity contribution in [3.63, 3.8) is 0 Å². The van der Waals surface area contributed by atoms with Crippen LogP contribution in [0.1, 0.15) is 29.6 Å². The van der Waals surface area contributed by atoms with E-state index in [1.54, 1.807) is 14.2 Å². The van der Waals surface area contributed by atoms with Gasteiger partial charge in [-0.05, 0) is 63.1 Å². The number of halogens is 1. The fourth-order valence-corrected chi connectivity index (χ4v) is 3.41. The molecule has 2 aromatic heterocycles. The highest BCUT2D eigenvalue weighted by Gasteiger charge is 2.14. The number of nitrogens with one attached hydrogen (secondary N) is 2. The maximum absolute atomic E-state index is 5.21. The topological polar surface area (TPSA) is 81.3 Å². The Morgan fingerprint density at radius 1 is 1.16 bits per heavy atom. The standard InChI is InChI=1S/C22H31N7O.HI/c1-15(13-21-16(2)26-28(5)17(21)3)25-22(23-4)24-14-18-11-12-29(27-18)19-7-9-20(30-6)10-8-19;/h7-12,15H,13-14H2,1-6H3,(H2,23,24,25);1H. The second-order valence-corrected chi connectivity index (χ2v) is 7.40. The molecular formula is C22H32IN7O. The van der Waals surface area contributed by atoms with Crippen molar-refractivity contribution in [2.75, 3.05) is 14.2 Å². The molecule has 0 fully saturated rings. The van der Waals surface area contributed by atoms with Crippen molar-refractivity contribution in [2.45, 2.75) is 39.8 Å². The average Bonchev–Trinajstić information content (AvgIpc) is 3.31. The minimum atomic E-state index is 0. The number of hydrogen-bond donors (Lipinski definition) is 2. The van der Waals surface area contributed by atoms with Crippen molar-refractivity contribution in [3.8, 4) is 11.4 Å². The molecule has 2 N–H and O–H groups in total. The van der Waals surface area contributed by atoms with E-state index in [1.165, 1.54) is 11.3 Å². The number of benzene rings is 1. The first kappa shape index (κ1) is 24.7. The summed E-state index contributed by atoms with van der Waals surface area (Å²) in [5.74, 6) is 1.58. The molecule has 0 saturated carbocycles. The van der Waals surface area contributed by atoms with Gasteiger partial charge in [0.25, 0.3) is 0 Å². The van der Waals surface area contributed by atoms with Crippen LogP contribution in [-0.4, -0.2) is 45.7 Å². The van der Waals surface area contributed by atoms with Crippen LogP contribution >= 0.6 is 24.0 Å². The lowest BCUT2D eigenvalue weighted by atomic mass is 10.1. The monoisotopic (exact) mass is 537 g/mol. The SMILES string of the molecule is CN=C(NCc1ccn(-c2ccc(OC)cc2)n1)NC(C)Cc1c(C)nn(C)c1C.I. The minimum absolute atomic E-state index is 0. The summed E-state index contributed by atoms with van der Waals surface area (Å²) in [5.41, 5.74) is 5.48. The Morgan fingerprint density at radius 2 is 1.87 bits per heavy atom. The molecule has 0 saturated heterocycles. The molecule has 1 unspecified atom stereocenters. The third kappa shape index (κ3) is 6.22. The molecule has 168 valence electrons. The molecule has 0 aliphatic carbocycles. The number of methoxy groups -OCH3 is 1. The average molecular weight is 537 g/mol. The van der Waals surface area contributed by atoms with Gasteiger partial charge >= 0.3 is 0 Å². The second-order valence-electron chi connectivity index (χ2n) is 7.40. The first-order valence-corrected chi connectivity index (χ1v) is 10.1. The van der Waals surface area contributed by atoms with Crippen LogP contribution in [0.15, 0.2) is 41.5 Å². The first-order chi connectivity index (χ1) is 14.4. The largest absolute Gasteiger partial charge is 0.497 e. The number of guanidine groups is 1. The first-order valence-electron chi connectivity index (χ1n) is 10.1. The van der Waals surface area contributed by atoms with E-state index in [0.717, 1.165) is 35.2 Å². The maximum Gasteiger partial charge on any atom is 0.191 e. The molecule has 0 spiro atoms. The van der Waals surface area contributed by atoms with E-state index in [0.29, 0.717) is 6.54 Å². The molecule has 1 aromatic carbocycles. The summed E-state index contributed by atoms with van der Waals surface area (Å²) in [4.78, 5) is 4.34. The van der Waals surface area contributed by atoms with Gasteiger partial charge in [-0.1, -0.05) is 0 Å². The van der Waals surface area contributed by atoms with E-state index in [1.807, 2.05) is 52.9 Å². The zero-order chi connectivity index (χ0) is 21.7. The van der Waals surface area contributed by atoms with Crippen LogP contribution < -0.4 is 15.4 Å². The lowest BCUT2D eigenvalue weighted by Crippen LogP contribution is -2.42. The van der Waals surface area contributed by atoms with Crippen LogP contribution in [0.25, 0.3) is 5.69 Å². The third-order valence-electron chi connectivity index (χ3n) is 5.19. The molecule has 0 radical (unpaired) electrons. The predicted molar refractivity (Wildman–Crippen MR) is 135 cm³/mol. The van der Waals surface area contributed by atoms with Crippen molar-refractivity contribution >= 4 is 29.9 Å². The number of hydrogen-bond acceptors (Lipinski definition) is 4. The van der Waals surface area contributed by atoms with Gasteiger partial charge in [-0.2, -0.15) is 10.2 Å². The molecule has 3 rings (SSSR count). The lowest BCUT2D eigenvalue weighted by molar-refractivity contribution is 0.414. The van der Waals surface area contributed by atoms with Crippen LogP contribution in [-0.2, 0) is 20.0 Å². The quantitative estimate of drug-likeness (QED) is 0.275. The molecule has 31 heavy (non-hydrogen) atoms. The summed E-state index contributed by atoms with van der Waals surface area (Å²) in [6, 6.07) is 10.0. The van der Waals surface area contributed by atoms with Gasteiger partial charge in [0.2, 0.25) is 0 Å². The van der Waals surface area contributed by atoms with Crippen LogP contribution in [0, 0.1) is 13.8 Å². The van der Waals surface area contributed by atoms with Crippen molar-refractivity contribution in [2.24, 2.45) is 12.0 Å². The zero-order valence-corrected chi connectivity index (χ0v) is 21.3. The zero-order valence-electron chi connectivity index (χ0n) is 19.0. The van der Waals surface area contributed by atoms with E-state index in [2.05, 4.69) is 46.6 Å². The Morgan fingerprint density at radius 3 is 2.45 bits per heavy atom. The number of aryl methyl sites for hydroxylation is 2. The molecule has 0 bridgehead atoms. The summed E-state index contributed by atoms with van der Waals surface area (Å²) in [6.07, 6.45) is 2.84. The van der Waals surface area contributed by atoms with E-state index >= 15 is 0 Å². The predicted octanol–water partition coefficient (Wildman–Crippen LogP) is 3.15. The minimum Gasteiger partial charge on any atom is -0.497 e. The molecule has 2 heterocycles. The van der Waals surface area contributed by atoms with E-state index in [-0.39, 0.29) is 30.0 Å².